The number of carbonyl (C=O) groups is 1. The highest BCUT2D eigenvalue weighted by molar-refractivity contribution is 7.86. The van der Waals surface area contributed by atoms with Crippen molar-refractivity contribution >= 4 is 34.2 Å². The van der Waals surface area contributed by atoms with Crippen LogP contribution in [0.3, 0.4) is 0 Å². The van der Waals surface area contributed by atoms with Crippen molar-refractivity contribution in [2.75, 3.05) is 24.5 Å². The third-order valence-electron chi connectivity index (χ3n) is 4.77. The number of rotatable bonds is 7. The number of unbranched alkanes of at least 4 members (excludes halogenated alkanes) is 1. The Labute approximate surface area is 173 Å². The number of para-hydroxylation sites is 1. The van der Waals surface area contributed by atoms with Gasteiger partial charge in [0, 0.05) is 18.5 Å². The molecule has 2 aromatic rings. The zero-order valence-corrected chi connectivity index (χ0v) is 17.7. The molecule has 150 valence electrons. The number of hydrogen-bond donors (Lipinski definition) is 1. The SMILES string of the molecule is CCOC(=O)CCCCNC1c2ccccc2N(C)S(=O)c2cc(Cl)ccc21. The Morgan fingerprint density at radius 1 is 1.21 bits per heavy atom. The van der Waals surface area contributed by atoms with Crippen LogP contribution in [0.2, 0.25) is 5.02 Å². The molecule has 0 spiro atoms. The van der Waals surface area contributed by atoms with E-state index < -0.39 is 11.0 Å². The second kappa shape index (κ2) is 9.54. The van der Waals surface area contributed by atoms with Gasteiger partial charge in [-0.15, -0.1) is 0 Å². The number of nitrogens with zero attached hydrogens (tertiary/aromatic N) is 1. The average Bonchev–Trinajstić information content (AvgIpc) is 2.77. The summed E-state index contributed by atoms with van der Waals surface area (Å²) in [7, 11) is 0.495. The van der Waals surface area contributed by atoms with Gasteiger partial charge < -0.3 is 10.1 Å². The van der Waals surface area contributed by atoms with Crippen molar-refractivity contribution in [2.45, 2.75) is 37.1 Å². The molecule has 0 fully saturated rings. The molecule has 0 saturated heterocycles. The monoisotopic (exact) mass is 420 g/mol. The highest BCUT2D eigenvalue weighted by Crippen LogP contribution is 2.39. The van der Waals surface area contributed by atoms with E-state index in [1.165, 1.54) is 0 Å². The Bertz CT molecular complexity index is 874. The molecule has 3 rings (SSSR count). The molecular weight excluding hydrogens is 396 g/mol. The van der Waals surface area contributed by atoms with Crippen molar-refractivity contribution in [1.82, 2.24) is 5.32 Å². The minimum absolute atomic E-state index is 0.0973. The summed E-state index contributed by atoms with van der Waals surface area (Å²) in [5.74, 6) is -0.153. The van der Waals surface area contributed by atoms with E-state index in [1.807, 2.05) is 44.3 Å². The predicted molar refractivity (Wildman–Crippen MR) is 113 cm³/mol. The van der Waals surface area contributed by atoms with E-state index in [1.54, 1.807) is 10.4 Å². The lowest BCUT2D eigenvalue weighted by Crippen LogP contribution is -2.24. The zero-order chi connectivity index (χ0) is 20.1. The molecule has 7 heteroatoms. The number of ether oxygens (including phenoxy) is 1. The quantitative estimate of drug-likeness (QED) is 0.538. The van der Waals surface area contributed by atoms with Gasteiger partial charge in [-0.1, -0.05) is 35.9 Å². The first kappa shape index (κ1) is 20.8. The molecule has 1 N–H and O–H groups in total. The standard InChI is InChI=1S/C21H25ClN2O3S/c1-3-27-20(25)10-6-7-13-23-21-16-8-4-5-9-18(16)24(2)28(26)19-14-15(22)11-12-17(19)21/h4-5,8-9,11-12,14,21,23H,3,6-7,10,13H2,1-2H3. The second-order valence-corrected chi connectivity index (χ2v) is 8.56. The third kappa shape index (κ3) is 4.57. The van der Waals surface area contributed by atoms with Gasteiger partial charge in [0.1, 0.15) is 0 Å². The lowest BCUT2D eigenvalue weighted by molar-refractivity contribution is -0.143. The molecule has 1 aliphatic heterocycles. The Morgan fingerprint density at radius 2 is 2.00 bits per heavy atom. The Kier molecular flexibility index (Phi) is 7.10. The Balaban J connectivity index is 1.82. The van der Waals surface area contributed by atoms with E-state index in [0.29, 0.717) is 18.1 Å². The van der Waals surface area contributed by atoms with Gasteiger partial charge in [-0.2, -0.15) is 0 Å². The van der Waals surface area contributed by atoms with Crippen LogP contribution in [0, 0.1) is 0 Å². The zero-order valence-electron chi connectivity index (χ0n) is 16.1. The number of anilines is 1. The van der Waals surface area contributed by atoms with E-state index in [2.05, 4.69) is 11.4 Å². The van der Waals surface area contributed by atoms with Crippen LogP contribution in [-0.2, 0) is 20.5 Å². The maximum atomic E-state index is 13.1. The molecule has 0 saturated carbocycles. The van der Waals surface area contributed by atoms with Crippen molar-refractivity contribution in [1.29, 1.82) is 0 Å². The van der Waals surface area contributed by atoms with Crippen LogP contribution in [0.5, 0.6) is 0 Å². The molecule has 0 aromatic heterocycles. The fourth-order valence-corrected chi connectivity index (χ4v) is 4.91. The third-order valence-corrected chi connectivity index (χ3v) is 6.43. The number of benzene rings is 2. The Hall–Kier alpha value is -1.89. The maximum Gasteiger partial charge on any atom is 0.305 e. The molecule has 0 amide bonds. The number of carbonyl (C=O) groups excluding carboxylic acids is 1. The first-order valence-electron chi connectivity index (χ1n) is 9.46. The topological polar surface area (TPSA) is 58.6 Å². The first-order chi connectivity index (χ1) is 13.5. The van der Waals surface area contributed by atoms with Crippen LogP contribution in [0.4, 0.5) is 5.69 Å². The molecule has 1 aliphatic rings. The molecule has 5 nitrogen and oxygen atoms in total. The van der Waals surface area contributed by atoms with Gasteiger partial charge >= 0.3 is 5.97 Å². The predicted octanol–water partition coefficient (Wildman–Crippen LogP) is 4.22. The van der Waals surface area contributed by atoms with Crippen LogP contribution >= 0.6 is 11.6 Å². The molecule has 2 atom stereocenters. The molecule has 0 bridgehead atoms. The van der Waals surface area contributed by atoms with Gasteiger partial charge in [-0.25, -0.2) is 4.21 Å². The summed E-state index contributed by atoms with van der Waals surface area (Å²) in [6.45, 7) is 2.96. The van der Waals surface area contributed by atoms with Gasteiger partial charge in [0.25, 0.3) is 0 Å². The van der Waals surface area contributed by atoms with E-state index in [-0.39, 0.29) is 12.0 Å². The van der Waals surface area contributed by atoms with Gasteiger partial charge in [-0.05, 0) is 55.6 Å². The fraction of sp³-hybridized carbons (Fsp3) is 0.381. The smallest absolute Gasteiger partial charge is 0.305 e. The minimum Gasteiger partial charge on any atom is -0.466 e. The normalized spacial score (nSPS) is 18.2. The summed E-state index contributed by atoms with van der Waals surface area (Å²) in [6, 6.07) is 13.4. The van der Waals surface area contributed by atoms with E-state index in [0.717, 1.165) is 41.1 Å². The molecule has 2 aromatic carbocycles. The molecule has 28 heavy (non-hydrogen) atoms. The van der Waals surface area contributed by atoms with Gasteiger partial charge in [0.15, 0.2) is 11.0 Å². The molecule has 0 radical (unpaired) electrons. The maximum absolute atomic E-state index is 13.1. The van der Waals surface area contributed by atoms with Crippen LogP contribution < -0.4 is 9.62 Å². The van der Waals surface area contributed by atoms with E-state index in [4.69, 9.17) is 16.3 Å². The van der Waals surface area contributed by atoms with Crippen LogP contribution in [-0.4, -0.2) is 30.4 Å². The van der Waals surface area contributed by atoms with Crippen LogP contribution in [0.25, 0.3) is 0 Å². The molecule has 0 aliphatic carbocycles. The van der Waals surface area contributed by atoms with Gasteiger partial charge in [0.2, 0.25) is 0 Å². The second-order valence-electron chi connectivity index (χ2n) is 6.64. The van der Waals surface area contributed by atoms with E-state index in [9.17, 15) is 9.00 Å². The molecule has 2 unspecified atom stereocenters. The minimum atomic E-state index is -1.34. The molecule has 1 heterocycles. The first-order valence-corrected chi connectivity index (χ1v) is 10.9. The number of fused-ring (bicyclic) bond motifs is 2. The number of nitrogens with one attached hydrogen (secondary N) is 1. The van der Waals surface area contributed by atoms with Crippen molar-refractivity contribution in [3.63, 3.8) is 0 Å². The van der Waals surface area contributed by atoms with Crippen LogP contribution in [0.15, 0.2) is 47.4 Å². The summed E-state index contributed by atoms with van der Waals surface area (Å²) in [5.41, 5.74) is 2.96. The summed E-state index contributed by atoms with van der Waals surface area (Å²) in [5, 5.41) is 4.15. The number of esters is 1. The lowest BCUT2D eigenvalue weighted by atomic mass is 9.96. The summed E-state index contributed by atoms with van der Waals surface area (Å²) >= 11 is 6.19. The molecular formula is C21H25ClN2O3S. The fourth-order valence-electron chi connectivity index (χ4n) is 3.41. The number of halogens is 1. The highest BCUT2D eigenvalue weighted by atomic mass is 35.5. The van der Waals surface area contributed by atoms with Crippen molar-refractivity contribution < 1.29 is 13.7 Å². The van der Waals surface area contributed by atoms with Crippen molar-refractivity contribution in [2.24, 2.45) is 0 Å². The number of hydrogen-bond acceptors (Lipinski definition) is 4. The summed E-state index contributed by atoms with van der Waals surface area (Å²) in [6.07, 6.45) is 2.04. The summed E-state index contributed by atoms with van der Waals surface area (Å²) < 4.78 is 19.9. The lowest BCUT2D eigenvalue weighted by Gasteiger charge is -2.22. The summed E-state index contributed by atoms with van der Waals surface area (Å²) in [4.78, 5) is 12.2. The van der Waals surface area contributed by atoms with Crippen molar-refractivity contribution in [3.8, 4) is 0 Å². The highest BCUT2D eigenvalue weighted by Gasteiger charge is 2.29. The van der Waals surface area contributed by atoms with Crippen LogP contribution in [0.1, 0.15) is 43.4 Å². The van der Waals surface area contributed by atoms with Gasteiger partial charge in [-0.3, -0.25) is 9.10 Å². The van der Waals surface area contributed by atoms with Crippen molar-refractivity contribution in [3.05, 3.63) is 58.6 Å². The Morgan fingerprint density at radius 3 is 2.79 bits per heavy atom. The average molecular weight is 421 g/mol. The van der Waals surface area contributed by atoms with Gasteiger partial charge in [0.05, 0.1) is 23.2 Å². The largest absolute Gasteiger partial charge is 0.466 e. The van der Waals surface area contributed by atoms with E-state index >= 15 is 0 Å².